The molecular formula is C18H20N6O2. The first-order valence-electron chi connectivity index (χ1n) is 8.05. The fraction of sp³-hybridized carbons (Fsp3) is 0.222. The number of carbonyl (C=O) groups excluding carboxylic acids is 1. The summed E-state index contributed by atoms with van der Waals surface area (Å²) in [7, 11) is 3.86. The highest BCUT2D eigenvalue weighted by Gasteiger charge is 2.11. The van der Waals surface area contributed by atoms with Gasteiger partial charge in [0.25, 0.3) is 5.91 Å². The maximum absolute atomic E-state index is 12.1. The molecule has 3 aromatic rings. The molecule has 2 heterocycles. The van der Waals surface area contributed by atoms with Gasteiger partial charge in [0, 0.05) is 43.3 Å². The van der Waals surface area contributed by atoms with E-state index in [1.54, 1.807) is 25.1 Å². The molecule has 134 valence electrons. The normalized spacial score (nSPS) is 10.5. The molecule has 0 radical (unpaired) electrons. The quantitative estimate of drug-likeness (QED) is 0.728. The third-order valence-electron chi connectivity index (χ3n) is 3.56. The second kappa shape index (κ2) is 7.22. The summed E-state index contributed by atoms with van der Waals surface area (Å²) in [5, 5.41) is 9.63. The van der Waals surface area contributed by atoms with Gasteiger partial charge >= 0.3 is 0 Å². The number of aryl methyl sites for hydroxylation is 2. The van der Waals surface area contributed by atoms with Crippen LogP contribution in [0.1, 0.15) is 21.9 Å². The fourth-order valence-corrected chi connectivity index (χ4v) is 2.27. The Hall–Kier alpha value is -3.42. The van der Waals surface area contributed by atoms with Crippen molar-refractivity contribution in [2.24, 2.45) is 0 Å². The van der Waals surface area contributed by atoms with Crippen LogP contribution >= 0.6 is 0 Å². The van der Waals surface area contributed by atoms with Crippen LogP contribution in [0.25, 0.3) is 0 Å². The van der Waals surface area contributed by atoms with Crippen molar-refractivity contribution in [3.63, 3.8) is 0 Å². The molecule has 0 atom stereocenters. The van der Waals surface area contributed by atoms with Gasteiger partial charge in [-0.05, 0) is 38.1 Å². The van der Waals surface area contributed by atoms with Crippen LogP contribution in [0.2, 0.25) is 0 Å². The first-order chi connectivity index (χ1) is 12.4. The van der Waals surface area contributed by atoms with Crippen LogP contribution in [0.15, 0.2) is 40.9 Å². The van der Waals surface area contributed by atoms with E-state index in [0.29, 0.717) is 17.4 Å². The number of nitrogens with one attached hydrogen (secondary N) is 2. The summed E-state index contributed by atoms with van der Waals surface area (Å²) in [4.78, 5) is 22.8. The molecular weight excluding hydrogens is 332 g/mol. The minimum Gasteiger partial charge on any atom is -0.363 e. The summed E-state index contributed by atoms with van der Waals surface area (Å²) in [6, 6.07) is 10.7. The summed E-state index contributed by atoms with van der Waals surface area (Å²) < 4.78 is 4.91. The molecule has 2 N–H and O–H groups in total. The van der Waals surface area contributed by atoms with Crippen LogP contribution in [-0.4, -0.2) is 35.1 Å². The van der Waals surface area contributed by atoms with Crippen molar-refractivity contribution in [2.75, 3.05) is 29.6 Å². The smallest absolute Gasteiger partial charge is 0.277 e. The lowest BCUT2D eigenvalue weighted by atomic mass is 10.2. The molecule has 0 bridgehead atoms. The monoisotopic (exact) mass is 352 g/mol. The second-order valence-corrected chi connectivity index (χ2v) is 6.06. The largest absolute Gasteiger partial charge is 0.363 e. The number of rotatable bonds is 5. The zero-order valence-corrected chi connectivity index (χ0v) is 15.1. The van der Waals surface area contributed by atoms with Crippen LogP contribution in [0.5, 0.6) is 0 Å². The van der Waals surface area contributed by atoms with Gasteiger partial charge in [-0.25, -0.2) is 4.98 Å². The molecule has 0 aliphatic heterocycles. The van der Waals surface area contributed by atoms with Gasteiger partial charge in [-0.2, -0.15) is 4.98 Å². The molecule has 0 spiro atoms. The number of aromatic nitrogens is 3. The zero-order valence-electron chi connectivity index (χ0n) is 15.1. The Labute approximate surface area is 151 Å². The third kappa shape index (κ3) is 4.15. The highest BCUT2D eigenvalue weighted by Crippen LogP contribution is 2.19. The molecule has 1 aromatic carbocycles. The Morgan fingerprint density at radius 1 is 1.04 bits per heavy atom. The standard InChI is InChI=1S/C18H20N6O2/c1-11-9-16(24(3)4)22-18(19-11)21-14-7-5-13(6-8-14)20-17(25)15-10-12(2)26-23-15/h5-10H,1-4H3,(H,20,25)(H,19,21,22). The summed E-state index contributed by atoms with van der Waals surface area (Å²) >= 11 is 0. The number of hydrogen-bond acceptors (Lipinski definition) is 7. The first-order valence-corrected chi connectivity index (χ1v) is 8.05. The van der Waals surface area contributed by atoms with Gasteiger partial charge in [0.1, 0.15) is 11.6 Å². The van der Waals surface area contributed by atoms with Gasteiger partial charge in [-0.15, -0.1) is 0 Å². The van der Waals surface area contributed by atoms with Crippen molar-refractivity contribution >= 4 is 29.0 Å². The van der Waals surface area contributed by atoms with Gasteiger partial charge in [0.2, 0.25) is 5.95 Å². The van der Waals surface area contributed by atoms with Crippen LogP contribution in [0.4, 0.5) is 23.1 Å². The van der Waals surface area contributed by atoms with Gasteiger partial charge < -0.3 is 20.1 Å². The van der Waals surface area contributed by atoms with E-state index >= 15 is 0 Å². The van der Waals surface area contributed by atoms with Gasteiger partial charge in [0.15, 0.2) is 5.69 Å². The maximum Gasteiger partial charge on any atom is 0.277 e. The van der Waals surface area contributed by atoms with Crippen LogP contribution in [0.3, 0.4) is 0 Å². The highest BCUT2D eigenvalue weighted by molar-refractivity contribution is 6.02. The molecule has 26 heavy (non-hydrogen) atoms. The summed E-state index contributed by atoms with van der Waals surface area (Å²) in [6.07, 6.45) is 0. The van der Waals surface area contributed by atoms with E-state index in [1.807, 2.05) is 44.1 Å². The van der Waals surface area contributed by atoms with Crippen molar-refractivity contribution < 1.29 is 9.32 Å². The number of nitrogens with zero attached hydrogens (tertiary/aromatic N) is 4. The lowest BCUT2D eigenvalue weighted by molar-refractivity contribution is 0.101. The Morgan fingerprint density at radius 2 is 1.73 bits per heavy atom. The van der Waals surface area contributed by atoms with Crippen LogP contribution < -0.4 is 15.5 Å². The van der Waals surface area contributed by atoms with E-state index in [4.69, 9.17) is 4.52 Å². The van der Waals surface area contributed by atoms with Gasteiger partial charge in [-0.1, -0.05) is 5.16 Å². The summed E-state index contributed by atoms with van der Waals surface area (Å²) in [6.45, 7) is 3.66. The lowest BCUT2D eigenvalue weighted by Gasteiger charge is -2.14. The first kappa shape index (κ1) is 17.4. The van der Waals surface area contributed by atoms with Crippen LogP contribution in [-0.2, 0) is 0 Å². The van der Waals surface area contributed by atoms with E-state index in [0.717, 1.165) is 17.2 Å². The molecule has 1 amide bonds. The van der Waals surface area contributed by atoms with E-state index in [9.17, 15) is 4.79 Å². The Kier molecular flexibility index (Phi) is 4.83. The number of hydrogen-bond donors (Lipinski definition) is 2. The zero-order chi connectivity index (χ0) is 18.7. The van der Waals surface area contributed by atoms with Crippen molar-refractivity contribution in [1.29, 1.82) is 0 Å². The maximum atomic E-state index is 12.1. The molecule has 0 saturated heterocycles. The van der Waals surface area contributed by atoms with Gasteiger partial charge in [0.05, 0.1) is 0 Å². The minimum absolute atomic E-state index is 0.245. The molecule has 8 nitrogen and oxygen atoms in total. The van der Waals surface area contributed by atoms with E-state index in [-0.39, 0.29) is 11.6 Å². The van der Waals surface area contributed by atoms with Crippen molar-refractivity contribution in [3.8, 4) is 0 Å². The van der Waals surface area contributed by atoms with E-state index in [2.05, 4.69) is 25.8 Å². The average Bonchev–Trinajstić information content (AvgIpc) is 3.03. The predicted molar refractivity (Wildman–Crippen MR) is 100 cm³/mol. The molecule has 0 aliphatic carbocycles. The fourth-order valence-electron chi connectivity index (χ4n) is 2.27. The summed E-state index contributed by atoms with van der Waals surface area (Å²) in [5.41, 5.74) is 2.59. The molecule has 0 fully saturated rings. The minimum atomic E-state index is -0.319. The van der Waals surface area contributed by atoms with E-state index in [1.165, 1.54) is 0 Å². The number of anilines is 4. The van der Waals surface area contributed by atoms with Crippen molar-refractivity contribution in [3.05, 3.63) is 53.5 Å². The third-order valence-corrected chi connectivity index (χ3v) is 3.56. The summed E-state index contributed by atoms with van der Waals surface area (Å²) in [5.74, 6) is 1.61. The highest BCUT2D eigenvalue weighted by atomic mass is 16.5. The molecule has 8 heteroatoms. The average molecular weight is 352 g/mol. The van der Waals surface area contributed by atoms with Crippen LogP contribution in [0, 0.1) is 13.8 Å². The number of carbonyl (C=O) groups is 1. The molecule has 2 aromatic heterocycles. The van der Waals surface area contributed by atoms with Gasteiger partial charge in [-0.3, -0.25) is 4.79 Å². The second-order valence-electron chi connectivity index (χ2n) is 6.06. The SMILES string of the molecule is Cc1cc(N(C)C)nc(Nc2ccc(NC(=O)c3cc(C)on3)cc2)n1. The Bertz CT molecular complexity index is 918. The lowest BCUT2D eigenvalue weighted by Crippen LogP contribution is -2.13. The molecule has 3 rings (SSSR count). The molecule has 0 saturated carbocycles. The topological polar surface area (TPSA) is 96.2 Å². The number of benzene rings is 1. The Balaban J connectivity index is 1.69. The van der Waals surface area contributed by atoms with Crippen molar-refractivity contribution in [2.45, 2.75) is 13.8 Å². The molecule has 0 aliphatic rings. The molecule has 0 unspecified atom stereocenters. The van der Waals surface area contributed by atoms with E-state index < -0.39 is 0 Å². The Morgan fingerprint density at radius 3 is 2.35 bits per heavy atom. The number of amides is 1. The predicted octanol–water partition coefficient (Wildman–Crippen LogP) is 3.14. The van der Waals surface area contributed by atoms with Crippen molar-refractivity contribution in [1.82, 2.24) is 15.1 Å².